The van der Waals surface area contributed by atoms with Crippen LogP contribution in [0.15, 0.2) is 89.7 Å². The molecule has 0 atom stereocenters. The smallest absolute Gasteiger partial charge is 0.331 e. The van der Waals surface area contributed by atoms with Crippen molar-refractivity contribution in [2.24, 2.45) is 0 Å². The number of methoxy groups -OCH3 is 1. The van der Waals surface area contributed by atoms with E-state index in [1.54, 1.807) is 19.2 Å². The summed E-state index contributed by atoms with van der Waals surface area (Å²) in [5.41, 5.74) is 2.52. The average Bonchev–Trinajstić information content (AvgIpc) is 3.58. The number of rotatable bonds is 10. The van der Waals surface area contributed by atoms with Crippen molar-refractivity contribution < 1.29 is 28.3 Å². The zero-order valence-electron chi connectivity index (χ0n) is 21.4. The summed E-state index contributed by atoms with van der Waals surface area (Å²) in [5.74, 6) is 0.276. The van der Waals surface area contributed by atoms with E-state index in [0.29, 0.717) is 36.0 Å². The number of imide groups is 2. The molecule has 2 aromatic carbocycles. The van der Waals surface area contributed by atoms with Crippen molar-refractivity contribution in [3.63, 3.8) is 0 Å². The molecule has 4 aromatic rings. The van der Waals surface area contributed by atoms with Crippen LogP contribution in [0, 0.1) is 0 Å². The third-order valence-corrected chi connectivity index (χ3v) is 6.40. The minimum absolute atomic E-state index is 0.0839. The fraction of sp³-hybridized carbons (Fsp3) is 0.167. The first-order valence-corrected chi connectivity index (χ1v) is 12.4. The summed E-state index contributed by atoms with van der Waals surface area (Å²) in [4.78, 5) is 39.1. The predicted octanol–water partition coefficient (Wildman–Crippen LogP) is 4.71. The molecule has 2 aromatic heterocycles. The fourth-order valence-electron chi connectivity index (χ4n) is 4.51. The maximum absolute atomic E-state index is 13.2. The summed E-state index contributed by atoms with van der Waals surface area (Å²) >= 11 is 0. The van der Waals surface area contributed by atoms with Crippen LogP contribution in [-0.4, -0.2) is 41.0 Å². The van der Waals surface area contributed by atoms with Gasteiger partial charge in [-0.25, -0.2) is 4.79 Å². The molecule has 1 N–H and O–H groups in total. The number of fused-ring (bicyclic) bond motifs is 1. The van der Waals surface area contributed by atoms with Crippen LogP contribution in [-0.2, 0) is 29.1 Å². The Hall–Kier alpha value is -5.05. The van der Waals surface area contributed by atoms with Gasteiger partial charge in [-0.2, -0.15) is 0 Å². The second kappa shape index (κ2) is 11.1. The molecule has 39 heavy (non-hydrogen) atoms. The summed E-state index contributed by atoms with van der Waals surface area (Å²) in [6.45, 7) is 4.55. The van der Waals surface area contributed by atoms with E-state index in [9.17, 15) is 14.4 Å². The Bertz CT molecular complexity index is 1580. The monoisotopic (exact) mass is 525 g/mol. The number of aromatic nitrogens is 1. The number of allylic oxidation sites excluding steroid dienone is 1. The van der Waals surface area contributed by atoms with E-state index in [4.69, 9.17) is 13.9 Å². The molecule has 1 fully saturated rings. The van der Waals surface area contributed by atoms with Gasteiger partial charge in [0.05, 0.1) is 26.5 Å². The molecule has 3 heterocycles. The fourth-order valence-corrected chi connectivity index (χ4v) is 4.51. The van der Waals surface area contributed by atoms with Crippen molar-refractivity contribution in [1.29, 1.82) is 0 Å². The number of carbonyl (C=O) groups is 3. The lowest BCUT2D eigenvalue weighted by molar-refractivity contribution is -0.130. The molecule has 5 rings (SSSR count). The van der Waals surface area contributed by atoms with Crippen molar-refractivity contribution in [3.8, 4) is 11.5 Å². The second-order valence-electron chi connectivity index (χ2n) is 8.91. The first kappa shape index (κ1) is 25.6. The van der Waals surface area contributed by atoms with Gasteiger partial charge >= 0.3 is 6.03 Å². The van der Waals surface area contributed by atoms with Gasteiger partial charge in [-0.1, -0.05) is 30.3 Å². The number of para-hydroxylation sites is 1. The summed E-state index contributed by atoms with van der Waals surface area (Å²) in [5, 5.41) is 3.10. The Morgan fingerprint density at radius 3 is 2.67 bits per heavy atom. The number of urea groups is 1. The van der Waals surface area contributed by atoms with Gasteiger partial charge in [0.1, 0.15) is 17.9 Å². The van der Waals surface area contributed by atoms with Crippen LogP contribution in [0.1, 0.15) is 16.9 Å². The quantitative estimate of drug-likeness (QED) is 0.183. The largest absolute Gasteiger partial charge is 0.493 e. The topological polar surface area (TPSA) is 103 Å². The summed E-state index contributed by atoms with van der Waals surface area (Å²) < 4.78 is 18.8. The van der Waals surface area contributed by atoms with Crippen LogP contribution in [0.25, 0.3) is 17.0 Å². The molecule has 4 amide bonds. The van der Waals surface area contributed by atoms with Gasteiger partial charge in [-0.05, 0) is 48.4 Å². The lowest BCUT2D eigenvalue weighted by atomic mass is 10.1. The van der Waals surface area contributed by atoms with Crippen LogP contribution in [0.4, 0.5) is 4.79 Å². The van der Waals surface area contributed by atoms with E-state index >= 15 is 0 Å². The van der Waals surface area contributed by atoms with Crippen LogP contribution in [0.3, 0.4) is 0 Å². The number of hydrogen-bond acceptors (Lipinski definition) is 6. The highest BCUT2D eigenvalue weighted by atomic mass is 16.5. The Balaban J connectivity index is 1.38. The lowest BCUT2D eigenvalue weighted by Gasteiger charge is -2.25. The van der Waals surface area contributed by atoms with Gasteiger partial charge in [-0.15, -0.1) is 6.58 Å². The van der Waals surface area contributed by atoms with E-state index in [1.807, 2.05) is 59.3 Å². The molecular weight excluding hydrogens is 498 g/mol. The molecule has 9 nitrogen and oxygen atoms in total. The summed E-state index contributed by atoms with van der Waals surface area (Å²) in [6.07, 6.45) is 7.40. The zero-order chi connectivity index (χ0) is 27.4. The van der Waals surface area contributed by atoms with Gasteiger partial charge in [0.15, 0.2) is 11.5 Å². The molecule has 1 aliphatic rings. The molecule has 0 saturated carbocycles. The number of benzene rings is 2. The van der Waals surface area contributed by atoms with Crippen molar-refractivity contribution in [2.45, 2.75) is 19.5 Å². The first-order valence-electron chi connectivity index (χ1n) is 12.4. The van der Waals surface area contributed by atoms with Crippen molar-refractivity contribution >= 4 is 34.8 Å². The highest BCUT2D eigenvalue weighted by Gasteiger charge is 2.36. The number of barbiturate groups is 1. The van der Waals surface area contributed by atoms with E-state index in [-0.39, 0.29) is 12.1 Å². The standard InChI is InChI=1S/C30H27N3O6/c1-3-7-20-11-12-26(27(16-20)37-2)39-15-13-32-18-21(23-9-4-5-10-25(23)32)17-24-28(34)31-30(36)33(29(24)35)19-22-8-6-14-38-22/h3-6,8-12,14,16-18H,1,7,13,15,19H2,2H3,(H,31,34,36). The molecule has 0 radical (unpaired) electrons. The van der Waals surface area contributed by atoms with E-state index in [0.717, 1.165) is 27.8 Å². The average molecular weight is 526 g/mol. The first-order chi connectivity index (χ1) is 19.0. The highest BCUT2D eigenvalue weighted by molar-refractivity contribution is 6.31. The van der Waals surface area contributed by atoms with E-state index in [1.165, 1.54) is 12.3 Å². The van der Waals surface area contributed by atoms with E-state index in [2.05, 4.69) is 11.9 Å². The van der Waals surface area contributed by atoms with Crippen LogP contribution in [0.2, 0.25) is 0 Å². The van der Waals surface area contributed by atoms with Gasteiger partial charge in [0.2, 0.25) is 0 Å². The number of carbonyl (C=O) groups excluding carboxylic acids is 3. The Labute approximate surface area is 224 Å². The Morgan fingerprint density at radius 1 is 1.05 bits per heavy atom. The molecule has 0 spiro atoms. The Morgan fingerprint density at radius 2 is 1.90 bits per heavy atom. The van der Waals surface area contributed by atoms with Gasteiger partial charge in [0, 0.05) is 22.7 Å². The number of amides is 4. The molecule has 1 aliphatic heterocycles. The molecule has 198 valence electrons. The number of nitrogens with one attached hydrogen (secondary N) is 1. The zero-order valence-corrected chi connectivity index (χ0v) is 21.4. The highest BCUT2D eigenvalue weighted by Crippen LogP contribution is 2.29. The minimum Gasteiger partial charge on any atom is -0.493 e. The molecule has 0 aliphatic carbocycles. The lowest BCUT2D eigenvalue weighted by Crippen LogP contribution is -2.53. The second-order valence-corrected chi connectivity index (χ2v) is 8.91. The van der Waals surface area contributed by atoms with Gasteiger partial charge in [-0.3, -0.25) is 19.8 Å². The molecule has 0 unspecified atom stereocenters. The maximum atomic E-state index is 13.2. The number of nitrogens with zero attached hydrogens (tertiary/aromatic N) is 2. The normalized spacial score (nSPS) is 14.6. The van der Waals surface area contributed by atoms with Crippen molar-refractivity contribution in [2.75, 3.05) is 13.7 Å². The summed E-state index contributed by atoms with van der Waals surface area (Å²) in [6, 6.07) is 16.0. The van der Waals surface area contributed by atoms with Crippen molar-refractivity contribution in [1.82, 2.24) is 14.8 Å². The SMILES string of the molecule is C=CCc1ccc(OCCn2cc(C=C3C(=O)NC(=O)N(Cc4ccco4)C3=O)c3ccccc32)c(OC)c1. The molecule has 1 saturated heterocycles. The molecular formula is C30H27N3O6. The number of furan rings is 1. The Kier molecular flexibility index (Phi) is 7.31. The molecule has 0 bridgehead atoms. The maximum Gasteiger partial charge on any atom is 0.331 e. The van der Waals surface area contributed by atoms with Crippen LogP contribution in [0.5, 0.6) is 11.5 Å². The number of hydrogen-bond donors (Lipinski definition) is 1. The van der Waals surface area contributed by atoms with Gasteiger partial charge in [0.25, 0.3) is 11.8 Å². The molecule has 9 heteroatoms. The van der Waals surface area contributed by atoms with Crippen LogP contribution >= 0.6 is 0 Å². The third kappa shape index (κ3) is 5.33. The number of ether oxygens (including phenoxy) is 2. The van der Waals surface area contributed by atoms with Crippen molar-refractivity contribution in [3.05, 3.63) is 102 Å². The van der Waals surface area contributed by atoms with E-state index < -0.39 is 17.8 Å². The van der Waals surface area contributed by atoms with Crippen LogP contribution < -0.4 is 14.8 Å². The summed E-state index contributed by atoms with van der Waals surface area (Å²) in [7, 11) is 1.60. The minimum atomic E-state index is -0.786. The predicted molar refractivity (Wildman–Crippen MR) is 145 cm³/mol. The third-order valence-electron chi connectivity index (χ3n) is 6.40. The van der Waals surface area contributed by atoms with Gasteiger partial charge < -0.3 is 18.5 Å².